The average Bonchev–Trinajstić information content (AvgIpc) is 2.65. The molecule has 0 amide bonds. The summed E-state index contributed by atoms with van der Waals surface area (Å²) in [7, 11) is -3.47. The summed E-state index contributed by atoms with van der Waals surface area (Å²) >= 11 is 10.1. The van der Waals surface area contributed by atoms with Crippen LogP contribution in [0.15, 0.2) is 16.3 Å². The smallest absolute Gasteiger partial charge is 0.206 e. The van der Waals surface area contributed by atoms with Crippen LogP contribution in [-0.2, 0) is 10.0 Å². The summed E-state index contributed by atoms with van der Waals surface area (Å²) in [6, 6.07) is 3.10. The van der Waals surface area contributed by atoms with Crippen LogP contribution < -0.4 is 4.72 Å². The highest BCUT2D eigenvalue weighted by Gasteiger charge is 2.28. The van der Waals surface area contributed by atoms with Crippen molar-refractivity contribution in [2.45, 2.75) is 30.0 Å². The van der Waals surface area contributed by atoms with E-state index >= 15 is 0 Å². The maximum atomic E-state index is 12.0. The van der Waals surface area contributed by atoms with Gasteiger partial charge in [-0.2, -0.15) is 0 Å². The highest BCUT2D eigenvalue weighted by molar-refractivity contribution is 9.09. The Kier molecular flexibility index (Phi) is 4.83. The third-order valence-corrected chi connectivity index (χ3v) is 6.87. The van der Waals surface area contributed by atoms with Crippen LogP contribution in [0.3, 0.4) is 0 Å². The van der Waals surface area contributed by atoms with Crippen molar-refractivity contribution in [3.8, 4) is 0 Å². The molecular formula is C9H13BrClNO2S2. The first-order valence-corrected chi connectivity index (χ1v) is 8.48. The number of halogens is 2. The second-order valence-electron chi connectivity index (χ2n) is 3.71. The Labute approximate surface area is 113 Å². The Morgan fingerprint density at radius 1 is 1.56 bits per heavy atom. The lowest BCUT2D eigenvalue weighted by atomic mass is 10.0. The molecule has 92 valence electrons. The van der Waals surface area contributed by atoms with Gasteiger partial charge in [0.15, 0.2) is 0 Å². The molecule has 16 heavy (non-hydrogen) atoms. The Balaban J connectivity index is 2.96. The standard InChI is InChI=1S/C9H13BrClNO2S2/c1-3-9(2,6-10)12-16(13,14)8-5-4-7(11)15-8/h4-5,12H,3,6H2,1-2H3. The summed E-state index contributed by atoms with van der Waals surface area (Å²) in [6.45, 7) is 3.79. The summed E-state index contributed by atoms with van der Waals surface area (Å²) in [6.07, 6.45) is 0.705. The predicted octanol–water partition coefficient (Wildman–Crippen LogP) is 3.24. The van der Waals surface area contributed by atoms with Crippen LogP contribution >= 0.6 is 38.9 Å². The summed E-state index contributed by atoms with van der Waals surface area (Å²) < 4.78 is 27.4. The average molecular weight is 347 g/mol. The predicted molar refractivity (Wildman–Crippen MR) is 72.1 cm³/mol. The molecule has 3 nitrogen and oxygen atoms in total. The van der Waals surface area contributed by atoms with Crippen molar-refractivity contribution in [1.29, 1.82) is 0 Å². The molecule has 0 saturated carbocycles. The Bertz CT molecular complexity index is 454. The van der Waals surface area contributed by atoms with Crippen molar-refractivity contribution in [3.63, 3.8) is 0 Å². The van der Waals surface area contributed by atoms with E-state index in [2.05, 4.69) is 20.7 Å². The topological polar surface area (TPSA) is 46.2 Å². The van der Waals surface area contributed by atoms with Gasteiger partial charge in [0.1, 0.15) is 4.21 Å². The van der Waals surface area contributed by atoms with Crippen LogP contribution in [0.1, 0.15) is 20.3 Å². The Hall–Kier alpha value is 0.380. The Morgan fingerprint density at radius 2 is 2.19 bits per heavy atom. The van der Waals surface area contributed by atoms with E-state index in [9.17, 15) is 8.42 Å². The molecule has 1 aromatic heterocycles. The first-order chi connectivity index (χ1) is 7.33. The molecule has 1 rings (SSSR count). The van der Waals surface area contributed by atoms with E-state index in [1.54, 1.807) is 6.07 Å². The van der Waals surface area contributed by atoms with E-state index in [4.69, 9.17) is 11.6 Å². The molecule has 0 aromatic carbocycles. The minimum atomic E-state index is -3.47. The molecule has 0 fully saturated rings. The summed E-state index contributed by atoms with van der Waals surface area (Å²) in [5, 5.41) is 0.564. The van der Waals surface area contributed by atoms with Crippen molar-refractivity contribution in [2.75, 3.05) is 5.33 Å². The Morgan fingerprint density at radius 3 is 2.56 bits per heavy atom. The number of alkyl halides is 1. The van der Waals surface area contributed by atoms with Crippen LogP contribution in [0.2, 0.25) is 4.34 Å². The summed E-state index contributed by atoms with van der Waals surface area (Å²) in [5.74, 6) is 0. The van der Waals surface area contributed by atoms with E-state index in [1.165, 1.54) is 6.07 Å². The second-order valence-corrected chi connectivity index (χ2v) is 7.90. The number of thiophene rings is 1. The molecule has 0 saturated heterocycles. The zero-order chi connectivity index (χ0) is 12.4. The number of nitrogens with one attached hydrogen (secondary N) is 1. The normalized spacial score (nSPS) is 16.0. The third kappa shape index (κ3) is 3.43. The van der Waals surface area contributed by atoms with Gasteiger partial charge in [-0.1, -0.05) is 34.5 Å². The number of hydrogen-bond acceptors (Lipinski definition) is 3. The minimum Gasteiger partial charge on any atom is -0.206 e. The van der Waals surface area contributed by atoms with E-state index in [0.29, 0.717) is 16.1 Å². The lowest BCUT2D eigenvalue weighted by Crippen LogP contribution is -2.46. The van der Waals surface area contributed by atoms with Gasteiger partial charge in [-0.05, 0) is 25.5 Å². The first-order valence-electron chi connectivity index (χ1n) is 4.68. The lowest BCUT2D eigenvalue weighted by Gasteiger charge is -2.26. The zero-order valence-electron chi connectivity index (χ0n) is 8.96. The van der Waals surface area contributed by atoms with E-state index in [-0.39, 0.29) is 4.21 Å². The van der Waals surface area contributed by atoms with Crippen molar-refractivity contribution in [2.24, 2.45) is 0 Å². The molecule has 0 aliphatic heterocycles. The minimum absolute atomic E-state index is 0.248. The van der Waals surface area contributed by atoms with Gasteiger partial charge in [0.2, 0.25) is 0 Å². The van der Waals surface area contributed by atoms with Gasteiger partial charge in [0, 0.05) is 10.9 Å². The molecule has 7 heteroatoms. The maximum absolute atomic E-state index is 12.0. The van der Waals surface area contributed by atoms with Gasteiger partial charge >= 0.3 is 0 Å². The maximum Gasteiger partial charge on any atom is 0.250 e. The molecule has 0 bridgehead atoms. The molecular weight excluding hydrogens is 334 g/mol. The molecule has 0 spiro atoms. The molecule has 1 unspecified atom stereocenters. The van der Waals surface area contributed by atoms with Crippen LogP contribution in [0.5, 0.6) is 0 Å². The van der Waals surface area contributed by atoms with Crippen molar-refractivity contribution >= 4 is 48.9 Å². The second kappa shape index (κ2) is 5.35. The largest absolute Gasteiger partial charge is 0.250 e. The van der Waals surface area contributed by atoms with Crippen molar-refractivity contribution in [1.82, 2.24) is 4.72 Å². The first kappa shape index (κ1) is 14.4. The van der Waals surface area contributed by atoms with Gasteiger partial charge in [0.05, 0.1) is 4.34 Å². The van der Waals surface area contributed by atoms with Crippen LogP contribution in [0.25, 0.3) is 0 Å². The zero-order valence-corrected chi connectivity index (χ0v) is 12.9. The van der Waals surface area contributed by atoms with Gasteiger partial charge < -0.3 is 0 Å². The van der Waals surface area contributed by atoms with Crippen LogP contribution in [0.4, 0.5) is 0 Å². The summed E-state index contributed by atoms with van der Waals surface area (Å²) in [5.41, 5.74) is -0.477. The van der Waals surface area contributed by atoms with Crippen LogP contribution in [-0.4, -0.2) is 19.3 Å². The van der Waals surface area contributed by atoms with Gasteiger partial charge in [0.25, 0.3) is 10.0 Å². The number of hydrogen-bond donors (Lipinski definition) is 1. The van der Waals surface area contributed by atoms with E-state index in [0.717, 1.165) is 11.3 Å². The monoisotopic (exact) mass is 345 g/mol. The van der Waals surface area contributed by atoms with Gasteiger partial charge in [-0.3, -0.25) is 0 Å². The van der Waals surface area contributed by atoms with Crippen LogP contribution in [0, 0.1) is 0 Å². The van der Waals surface area contributed by atoms with E-state index < -0.39 is 15.6 Å². The van der Waals surface area contributed by atoms with Gasteiger partial charge in [-0.15, -0.1) is 11.3 Å². The van der Waals surface area contributed by atoms with E-state index in [1.807, 2.05) is 13.8 Å². The quantitative estimate of drug-likeness (QED) is 0.832. The fraction of sp³-hybridized carbons (Fsp3) is 0.556. The molecule has 1 atom stereocenters. The molecule has 1 N–H and O–H groups in total. The molecule has 0 aliphatic carbocycles. The molecule has 1 heterocycles. The number of sulfonamides is 1. The highest BCUT2D eigenvalue weighted by Crippen LogP contribution is 2.27. The van der Waals surface area contributed by atoms with Crippen molar-refractivity contribution in [3.05, 3.63) is 16.5 Å². The summed E-state index contributed by atoms with van der Waals surface area (Å²) in [4.78, 5) is 0. The third-order valence-electron chi connectivity index (χ3n) is 2.27. The SMILES string of the molecule is CCC(C)(CBr)NS(=O)(=O)c1ccc(Cl)s1. The molecule has 0 aliphatic rings. The number of rotatable bonds is 5. The highest BCUT2D eigenvalue weighted by atomic mass is 79.9. The fourth-order valence-electron chi connectivity index (χ4n) is 1.01. The van der Waals surface area contributed by atoms with Gasteiger partial charge in [-0.25, -0.2) is 13.1 Å². The molecule has 0 radical (unpaired) electrons. The van der Waals surface area contributed by atoms with Crippen molar-refractivity contribution < 1.29 is 8.42 Å². The molecule has 1 aromatic rings. The fourth-order valence-corrected chi connectivity index (χ4v) is 4.69. The lowest BCUT2D eigenvalue weighted by molar-refractivity contribution is 0.450.